The molecule has 0 saturated heterocycles. The predicted molar refractivity (Wildman–Crippen MR) is 68.6 cm³/mol. The van der Waals surface area contributed by atoms with Gasteiger partial charge < -0.3 is 10.4 Å². The summed E-state index contributed by atoms with van der Waals surface area (Å²) in [6.07, 6.45) is -0.274. The van der Waals surface area contributed by atoms with Gasteiger partial charge in [0.05, 0.1) is 6.10 Å². The van der Waals surface area contributed by atoms with Crippen molar-refractivity contribution in [3.8, 4) is 0 Å². The minimum Gasteiger partial charge on any atom is -0.392 e. The van der Waals surface area contributed by atoms with Crippen molar-refractivity contribution in [2.75, 3.05) is 13.1 Å². The molecular formula is C14H23NO. The first kappa shape index (κ1) is 13.2. The van der Waals surface area contributed by atoms with Crippen LogP contribution in [0, 0.1) is 5.92 Å². The minimum absolute atomic E-state index is 0.274. The first-order valence-electron chi connectivity index (χ1n) is 6.05. The van der Waals surface area contributed by atoms with Crippen molar-refractivity contribution in [3.05, 3.63) is 35.9 Å². The van der Waals surface area contributed by atoms with Crippen LogP contribution in [-0.4, -0.2) is 24.3 Å². The number of hydrogen-bond acceptors (Lipinski definition) is 2. The predicted octanol–water partition coefficient (Wildman–Crippen LogP) is 2.40. The summed E-state index contributed by atoms with van der Waals surface area (Å²) < 4.78 is 0. The smallest absolute Gasteiger partial charge is 0.0636 e. The third-order valence-corrected chi connectivity index (χ3v) is 2.84. The van der Waals surface area contributed by atoms with Crippen molar-refractivity contribution in [2.45, 2.75) is 32.8 Å². The number of aliphatic hydroxyl groups excluding tert-OH is 1. The molecule has 0 aliphatic carbocycles. The normalized spacial score (nSPS) is 15.1. The van der Waals surface area contributed by atoms with Crippen molar-refractivity contribution in [3.63, 3.8) is 0 Å². The van der Waals surface area contributed by atoms with Crippen LogP contribution >= 0.6 is 0 Å². The molecule has 2 heteroatoms. The summed E-state index contributed by atoms with van der Waals surface area (Å²) in [7, 11) is 0. The maximum Gasteiger partial charge on any atom is 0.0636 e. The molecule has 1 rings (SSSR count). The molecule has 2 nitrogen and oxygen atoms in total. The summed E-state index contributed by atoms with van der Waals surface area (Å²) in [4.78, 5) is 0. The number of rotatable bonds is 6. The van der Waals surface area contributed by atoms with Gasteiger partial charge >= 0.3 is 0 Å². The summed E-state index contributed by atoms with van der Waals surface area (Å²) in [6, 6.07) is 10.6. The lowest BCUT2D eigenvalue weighted by Crippen LogP contribution is -2.30. The summed E-state index contributed by atoms with van der Waals surface area (Å²) in [5.74, 6) is 1.11. The van der Waals surface area contributed by atoms with E-state index in [9.17, 15) is 5.11 Å². The molecule has 0 bridgehead atoms. The summed E-state index contributed by atoms with van der Waals surface area (Å²) >= 11 is 0. The summed E-state index contributed by atoms with van der Waals surface area (Å²) in [5, 5.41) is 12.5. The molecule has 90 valence electrons. The number of nitrogens with one attached hydrogen (secondary N) is 1. The van der Waals surface area contributed by atoms with Crippen molar-refractivity contribution >= 4 is 0 Å². The fourth-order valence-electron chi connectivity index (χ4n) is 1.89. The Bertz CT molecular complexity index is 282. The van der Waals surface area contributed by atoms with Crippen LogP contribution < -0.4 is 5.32 Å². The van der Waals surface area contributed by atoms with E-state index in [-0.39, 0.29) is 6.10 Å². The Morgan fingerprint density at radius 2 is 1.69 bits per heavy atom. The fourth-order valence-corrected chi connectivity index (χ4v) is 1.89. The average molecular weight is 221 g/mol. The highest BCUT2D eigenvalue weighted by Crippen LogP contribution is 2.23. The Morgan fingerprint density at radius 1 is 1.06 bits per heavy atom. The first-order valence-corrected chi connectivity index (χ1v) is 6.05. The molecule has 0 amide bonds. The minimum atomic E-state index is -0.274. The van der Waals surface area contributed by atoms with E-state index in [1.165, 1.54) is 5.56 Å². The van der Waals surface area contributed by atoms with Crippen molar-refractivity contribution in [1.82, 2.24) is 5.32 Å². The zero-order chi connectivity index (χ0) is 12.0. The molecule has 1 aromatic carbocycles. The third kappa shape index (κ3) is 4.33. The molecule has 2 N–H and O–H groups in total. The maximum atomic E-state index is 9.21. The van der Waals surface area contributed by atoms with Crippen LogP contribution in [0.1, 0.15) is 32.3 Å². The monoisotopic (exact) mass is 221 g/mol. The van der Waals surface area contributed by atoms with E-state index in [1.54, 1.807) is 6.92 Å². The average Bonchev–Trinajstić information content (AvgIpc) is 2.25. The standard InChI is InChI=1S/C14H23NO/c1-11(2)14(10-15-9-12(3)16)13-7-5-4-6-8-13/h4-8,11-12,14-16H,9-10H2,1-3H3. The van der Waals surface area contributed by atoms with E-state index in [1.807, 2.05) is 6.07 Å². The maximum absolute atomic E-state index is 9.21. The SMILES string of the molecule is CC(O)CNCC(c1ccccc1)C(C)C. The highest BCUT2D eigenvalue weighted by atomic mass is 16.3. The highest BCUT2D eigenvalue weighted by molar-refractivity contribution is 5.20. The molecule has 1 aromatic rings. The van der Waals surface area contributed by atoms with Gasteiger partial charge in [-0.15, -0.1) is 0 Å². The van der Waals surface area contributed by atoms with Crippen LogP contribution in [0.2, 0.25) is 0 Å². The van der Waals surface area contributed by atoms with Crippen LogP contribution in [-0.2, 0) is 0 Å². The summed E-state index contributed by atoms with van der Waals surface area (Å²) in [5.41, 5.74) is 1.37. The van der Waals surface area contributed by atoms with Gasteiger partial charge in [-0.25, -0.2) is 0 Å². The van der Waals surface area contributed by atoms with Crippen LogP contribution in [0.3, 0.4) is 0 Å². The highest BCUT2D eigenvalue weighted by Gasteiger charge is 2.14. The van der Waals surface area contributed by atoms with E-state index < -0.39 is 0 Å². The number of hydrogen-bond donors (Lipinski definition) is 2. The van der Waals surface area contributed by atoms with Gasteiger partial charge in [0.1, 0.15) is 0 Å². The van der Waals surface area contributed by atoms with Gasteiger partial charge in [-0.05, 0) is 24.3 Å². The van der Waals surface area contributed by atoms with E-state index >= 15 is 0 Å². The molecule has 0 fully saturated rings. The summed E-state index contributed by atoms with van der Waals surface area (Å²) in [6.45, 7) is 7.87. The Labute approximate surface area is 98.7 Å². The van der Waals surface area contributed by atoms with Gasteiger partial charge in [0.2, 0.25) is 0 Å². The van der Waals surface area contributed by atoms with E-state index in [4.69, 9.17) is 0 Å². The van der Waals surface area contributed by atoms with Crippen molar-refractivity contribution in [2.24, 2.45) is 5.92 Å². The molecule has 0 aliphatic rings. The lowest BCUT2D eigenvalue weighted by Gasteiger charge is -2.22. The Balaban J connectivity index is 2.55. The van der Waals surface area contributed by atoms with E-state index in [0.29, 0.717) is 18.4 Å². The Kier molecular flexibility index (Phi) is 5.50. The second-order valence-corrected chi connectivity index (χ2v) is 4.77. The van der Waals surface area contributed by atoms with Crippen LogP contribution in [0.25, 0.3) is 0 Å². The zero-order valence-electron chi connectivity index (χ0n) is 10.5. The Morgan fingerprint density at radius 3 is 2.19 bits per heavy atom. The Hall–Kier alpha value is -0.860. The molecule has 2 unspecified atom stereocenters. The van der Waals surface area contributed by atoms with Gasteiger partial charge in [0, 0.05) is 13.1 Å². The fraction of sp³-hybridized carbons (Fsp3) is 0.571. The quantitative estimate of drug-likeness (QED) is 0.773. The van der Waals surface area contributed by atoms with Gasteiger partial charge in [-0.1, -0.05) is 44.2 Å². The molecule has 2 atom stereocenters. The molecule has 0 spiro atoms. The van der Waals surface area contributed by atoms with Crippen molar-refractivity contribution in [1.29, 1.82) is 0 Å². The topological polar surface area (TPSA) is 32.3 Å². The van der Waals surface area contributed by atoms with E-state index in [2.05, 4.69) is 43.4 Å². The van der Waals surface area contributed by atoms with Gasteiger partial charge in [0.15, 0.2) is 0 Å². The number of benzene rings is 1. The third-order valence-electron chi connectivity index (χ3n) is 2.84. The first-order chi connectivity index (χ1) is 7.61. The molecule has 16 heavy (non-hydrogen) atoms. The largest absolute Gasteiger partial charge is 0.392 e. The molecule has 0 radical (unpaired) electrons. The van der Waals surface area contributed by atoms with Crippen LogP contribution in [0.4, 0.5) is 0 Å². The van der Waals surface area contributed by atoms with Crippen LogP contribution in [0.5, 0.6) is 0 Å². The van der Waals surface area contributed by atoms with E-state index in [0.717, 1.165) is 6.54 Å². The second-order valence-electron chi connectivity index (χ2n) is 4.77. The second kappa shape index (κ2) is 6.66. The van der Waals surface area contributed by atoms with Gasteiger partial charge in [-0.2, -0.15) is 0 Å². The molecule has 0 saturated carbocycles. The van der Waals surface area contributed by atoms with Gasteiger partial charge in [-0.3, -0.25) is 0 Å². The van der Waals surface area contributed by atoms with Crippen LogP contribution in [0.15, 0.2) is 30.3 Å². The van der Waals surface area contributed by atoms with Gasteiger partial charge in [0.25, 0.3) is 0 Å². The number of aliphatic hydroxyl groups is 1. The molecule has 0 aromatic heterocycles. The lowest BCUT2D eigenvalue weighted by atomic mass is 9.88. The van der Waals surface area contributed by atoms with Crippen molar-refractivity contribution < 1.29 is 5.11 Å². The molecule has 0 heterocycles. The zero-order valence-corrected chi connectivity index (χ0v) is 10.5. The lowest BCUT2D eigenvalue weighted by molar-refractivity contribution is 0.189. The molecule has 0 aliphatic heterocycles. The molecular weight excluding hydrogens is 198 g/mol.